The SMILES string of the molecule is CCCCCCCCCCC(N)CC1CCCCO1. The van der Waals surface area contributed by atoms with Crippen LogP contribution in [0.15, 0.2) is 0 Å². The van der Waals surface area contributed by atoms with Crippen LogP contribution in [0.5, 0.6) is 0 Å². The number of nitrogens with two attached hydrogens (primary N) is 1. The van der Waals surface area contributed by atoms with E-state index >= 15 is 0 Å². The highest BCUT2D eigenvalue weighted by atomic mass is 16.5. The predicted octanol–water partition coefficient (Wildman–Crippen LogP) is 4.80. The smallest absolute Gasteiger partial charge is 0.0589 e. The zero-order chi connectivity index (χ0) is 13.8. The van der Waals surface area contributed by atoms with Gasteiger partial charge in [-0.15, -0.1) is 0 Å². The number of hydrogen-bond acceptors (Lipinski definition) is 2. The van der Waals surface area contributed by atoms with E-state index in [0.717, 1.165) is 13.0 Å². The quantitative estimate of drug-likeness (QED) is 0.547. The Morgan fingerprint density at radius 2 is 1.68 bits per heavy atom. The first-order chi connectivity index (χ1) is 9.33. The molecule has 19 heavy (non-hydrogen) atoms. The maximum Gasteiger partial charge on any atom is 0.0589 e. The van der Waals surface area contributed by atoms with Crippen LogP contribution < -0.4 is 5.73 Å². The molecular weight excluding hydrogens is 234 g/mol. The van der Waals surface area contributed by atoms with Gasteiger partial charge < -0.3 is 10.5 Å². The lowest BCUT2D eigenvalue weighted by Crippen LogP contribution is -2.29. The Hall–Kier alpha value is -0.0800. The molecule has 0 radical (unpaired) electrons. The normalized spacial score (nSPS) is 21.5. The largest absolute Gasteiger partial charge is 0.378 e. The first kappa shape index (κ1) is 17.0. The fourth-order valence-corrected chi connectivity index (χ4v) is 2.99. The summed E-state index contributed by atoms with van der Waals surface area (Å²) in [5.41, 5.74) is 6.20. The van der Waals surface area contributed by atoms with Crippen molar-refractivity contribution in [2.45, 2.75) is 103 Å². The van der Waals surface area contributed by atoms with Crippen LogP contribution in [0, 0.1) is 0 Å². The molecule has 114 valence electrons. The number of rotatable bonds is 11. The summed E-state index contributed by atoms with van der Waals surface area (Å²) < 4.78 is 5.75. The maximum absolute atomic E-state index is 6.20. The van der Waals surface area contributed by atoms with Gasteiger partial charge in [0, 0.05) is 12.6 Å². The molecule has 1 fully saturated rings. The molecule has 1 aliphatic heterocycles. The lowest BCUT2D eigenvalue weighted by atomic mass is 9.98. The Morgan fingerprint density at radius 3 is 2.32 bits per heavy atom. The lowest BCUT2D eigenvalue weighted by Gasteiger charge is -2.25. The third-order valence-electron chi connectivity index (χ3n) is 4.27. The van der Waals surface area contributed by atoms with Crippen LogP contribution >= 0.6 is 0 Å². The summed E-state index contributed by atoms with van der Waals surface area (Å²) in [6.45, 7) is 3.23. The summed E-state index contributed by atoms with van der Waals surface area (Å²) >= 11 is 0. The minimum absolute atomic E-state index is 0.364. The van der Waals surface area contributed by atoms with Gasteiger partial charge >= 0.3 is 0 Å². The van der Waals surface area contributed by atoms with Gasteiger partial charge in [-0.1, -0.05) is 58.3 Å². The monoisotopic (exact) mass is 269 g/mol. The topological polar surface area (TPSA) is 35.2 Å². The molecule has 2 atom stereocenters. The van der Waals surface area contributed by atoms with Gasteiger partial charge in [0.05, 0.1) is 6.10 Å². The van der Waals surface area contributed by atoms with E-state index in [1.165, 1.54) is 77.0 Å². The molecule has 0 aromatic heterocycles. The molecule has 1 rings (SSSR count). The van der Waals surface area contributed by atoms with Crippen molar-refractivity contribution < 1.29 is 4.74 Å². The van der Waals surface area contributed by atoms with E-state index in [4.69, 9.17) is 10.5 Å². The number of unbranched alkanes of at least 4 members (excludes halogenated alkanes) is 7. The predicted molar refractivity (Wildman–Crippen MR) is 83.4 cm³/mol. The molecule has 1 saturated heterocycles. The molecule has 2 nitrogen and oxygen atoms in total. The van der Waals surface area contributed by atoms with E-state index in [1.54, 1.807) is 0 Å². The number of hydrogen-bond donors (Lipinski definition) is 1. The van der Waals surface area contributed by atoms with Gasteiger partial charge in [0.1, 0.15) is 0 Å². The first-order valence-electron chi connectivity index (χ1n) is 8.70. The van der Waals surface area contributed by atoms with Crippen molar-refractivity contribution in [3.8, 4) is 0 Å². The van der Waals surface area contributed by atoms with E-state index < -0.39 is 0 Å². The molecule has 0 aliphatic carbocycles. The second-order valence-corrected chi connectivity index (χ2v) is 6.25. The van der Waals surface area contributed by atoms with Gasteiger partial charge in [0.2, 0.25) is 0 Å². The molecule has 2 heteroatoms. The standard InChI is InChI=1S/C17H35NO/c1-2-3-4-5-6-7-8-9-12-16(18)15-17-13-10-11-14-19-17/h16-17H,2-15,18H2,1H3. The summed E-state index contributed by atoms with van der Waals surface area (Å²) in [5, 5.41) is 0. The van der Waals surface area contributed by atoms with Crippen LogP contribution in [-0.4, -0.2) is 18.8 Å². The van der Waals surface area contributed by atoms with Gasteiger partial charge in [-0.05, 0) is 32.1 Å². The molecule has 0 amide bonds. The van der Waals surface area contributed by atoms with Gasteiger partial charge in [0.25, 0.3) is 0 Å². The van der Waals surface area contributed by atoms with Crippen LogP contribution in [0.3, 0.4) is 0 Å². The molecule has 2 N–H and O–H groups in total. The summed E-state index contributed by atoms with van der Waals surface area (Å²) in [5.74, 6) is 0. The highest BCUT2D eigenvalue weighted by Crippen LogP contribution is 2.18. The average Bonchev–Trinajstić information content (AvgIpc) is 2.43. The Bertz CT molecular complexity index is 190. The molecule has 2 unspecified atom stereocenters. The molecule has 0 aromatic rings. The van der Waals surface area contributed by atoms with Crippen LogP contribution in [0.1, 0.15) is 90.4 Å². The third kappa shape index (κ3) is 9.45. The van der Waals surface area contributed by atoms with Crippen molar-refractivity contribution in [3.05, 3.63) is 0 Å². The van der Waals surface area contributed by atoms with Gasteiger partial charge in [0.15, 0.2) is 0 Å². The Morgan fingerprint density at radius 1 is 1.00 bits per heavy atom. The second kappa shape index (κ2) is 11.7. The highest BCUT2D eigenvalue weighted by Gasteiger charge is 2.16. The van der Waals surface area contributed by atoms with E-state index in [-0.39, 0.29) is 0 Å². The van der Waals surface area contributed by atoms with E-state index in [9.17, 15) is 0 Å². The van der Waals surface area contributed by atoms with E-state index in [0.29, 0.717) is 12.1 Å². The van der Waals surface area contributed by atoms with Gasteiger partial charge in [-0.25, -0.2) is 0 Å². The van der Waals surface area contributed by atoms with Gasteiger partial charge in [-0.3, -0.25) is 0 Å². The highest BCUT2D eigenvalue weighted by molar-refractivity contribution is 4.71. The van der Waals surface area contributed by atoms with E-state index in [1.807, 2.05) is 0 Å². The molecule has 0 aromatic carbocycles. The zero-order valence-electron chi connectivity index (χ0n) is 13.0. The maximum atomic E-state index is 6.20. The first-order valence-corrected chi connectivity index (χ1v) is 8.70. The summed E-state index contributed by atoms with van der Waals surface area (Å²) in [6.07, 6.45) is 17.6. The van der Waals surface area contributed by atoms with Crippen molar-refractivity contribution in [3.63, 3.8) is 0 Å². The van der Waals surface area contributed by atoms with Crippen LogP contribution in [0.2, 0.25) is 0 Å². The lowest BCUT2D eigenvalue weighted by molar-refractivity contribution is 0.00690. The zero-order valence-corrected chi connectivity index (χ0v) is 13.0. The fraction of sp³-hybridized carbons (Fsp3) is 1.00. The Labute approximate surface area is 120 Å². The Balaban J connectivity index is 1.85. The molecule has 1 aliphatic rings. The summed E-state index contributed by atoms with van der Waals surface area (Å²) in [7, 11) is 0. The Kier molecular flexibility index (Phi) is 10.5. The molecule has 1 heterocycles. The average molecular weight is 269 g/mol. The second-order valence-electron chi connectivity index (χ2n) is 6.25. The minimum Gasteiger partial charge on any atom is -0.378 e. The third-order valence-corrected chi connectivity index (χ3v) is 4.27. The number of ether oxygens (including phenoxy) is 1. The van der Waals surface area contributed by atoms with Crippen LogP contribution in [-0.2, 0) is 4.74 Å². The van der Waals surface area contributed by atoms with Crippen LogP contribution in [0.4, 0.5) is 0 Å². The summed E-state index contributed by atoms with van der Waals surface area (Å²) in [4.78, 5) is 0. The van der Waals surface area contributed by atoms with Crippen molar-refractivity contribution in [1.82, 2.24) is 0 Å². The van der Waals surface area contributed by atoms with Crippen molar-refractivity contribution in [1.29, 1.82) is 0 Å². The van der Waals surface area contributed by atoms with Crippen molar-refractivity contribution >= 4 is 0 Å². The van der Waals surface area contributed by atoms with Crippen molar-refractivity contribution in [2.24, 2.45) is 5.73 Å². The molecular formula is C17H35NO. The van der Waals surface area contributed by atoms with E-state index in [2.05, 4.69) is 6.92 Å². The minimum atomic E-state index is 0.364. The van der Waals surface area contributed by atoms with Crippen LogP contribution in [0.25, 0.3) is 0 Å². The van der Waals surface area contributed by atoms with Gasteiger partial charge in [-0.2, -0.15) is 0 Å². The fourth-order valence-electron chi connectivity index (χ4n) is 2.99. The molecule has 0 bridgehead atoms. The summed E-state index contributed by atoms with van der Waals surface area (Å²) in [6, 6.07) is 0.364. The molecule has 0 saturated carbocycles. The van der Waals surface area contributed by atoms with Crippen molar-refractivity contribution in [2.75, 3.05) is 6.61 Å². The molecule has 0 spiro atoms.